The van der Waals surface area contributed by atoms with E-state index in [9.17, 15) is 4.79 Å². The highest BCUT2D eigenvalue weighted by Crippen LogP contribution is 2.18. The minimum Gasteiger partial charge on any atom is -0.458 e. The van der Waals surface area contributed by atoms with Crippen LogP contribution >= 0.6 is 0 Å². The molecule has 1 aromatic carbocycles. The maximum atomic E-state index is 12.0. The fourth-order valence-electron chi connectivity index (χ4n) is 2.05. The molecule has 0 amide bonds. The van der Waals surface area contributed by atoms with Crippen molar-refractivity contribution in [2.75, 3.05) is 5.32 Å². The lowest BCUT2D eigenvalue weighted by Gasteiger charge is -2.09. The van der Waals surface area contributed by atoms with Gasteiger partial charge in [0.2, 0.25) is 5.78 Å². The Hall–Kier alpha value is -2.29. The van der Waals surface area contributed by atoms with E-state index in [2.05, 4.69) is 31.3 Å². The first-order valence-electron chi connectivity index (χ1n) is 7.12. The van der Waals surface area contributed by atoms with Crippen LogP contribution in [0.1, 0.15) is 48.6 Å². The average molecular weight is 283 g/mol. The first-order chi connectivity index (χ1) is 9.95. The summed E-state index contributed by atoms with van der Waals surface area (Å²) in [6.07, 6.45) is 1.55. The van der Waals surface area contributed by atoms with Crippen LogP contribution in [-0.2, 0) is 0 Å². The zero-order chi connectivity index (χ0) is 15.4. The monoisotopic (exact) mass is 283 g/mol. The minimum atomic E-state index is -0.132. The van der Waals surface area contributed by atoms with E-state index >= 15 is 0 Å². The lowest BCUT2D eigenvalue weighted by Crippen LogP contribution is -2.00. The molecule has 0 radical (unpaired) electrons. The summed E-state index contributed by atoms with van der Waals surface area (Å²) in [5.41, 5.74) is 3.05. The topological polar surface area (TPSA) is 42.2 Å². The quantitative estimate of drug-likeness (QED) is 0.626. The predicted molar refractivity (Wildman–Crippen MR) is 85.7 cm³/mol. The van der Waals surface area contributed by atoms with E-state index in [4.69, 9.17) is 4.42 Å². The van der Waals surface area contributed by atoms with Gasteiger partial charge in [-0.05, 0) is 49.6 Å². The van der Waals surface area contributed by atoms with Gasteiger partial charge in [-0.2, -0.15) is 0 Å². The van der Waals surface area contributed by atoms with Crippen molar-refractivity contribution in [2.45, 2.75) is 33.6 Å². The Morgan fingerprint density at radius 1 is 1.14 bits per heavy atom. The molecule has 0 atom stereocenters. The van der Waals surface area contributed by atoms with Crippen molar-refractivity contribution in [3.8, 4) is 0 Å². The number of aryl methyl sites for hydroxylation is 1. The Balaban J connectivity index is 2.04. The van der Waals surface area contributed by atoms with E-state index in [1.807, 2.05) is 26.0 Å². The molecule has 0 fully saturated rings. The highest BCUT2D eigenvalue weighted by atomic mass is 16.3. The van der Waals surface area contributed by atoms with Gasteiger partial charge in [-0.15, -0.1) is 0 Å². The molecule has 1 heterocycles. The first-order valence-corrected chi connectivity index (χ1v) is 7.12. The number of hydrogen-bond acceptors (Lipinski definition) is 3. The number of nitrogens with one attached hydrogen (secondary N) is 1. The zero-order valence-electron chi connectivity index (χ0n) is 12.9. The van der Waals surface area contributed by atoms with Gasteiger partial charge in [0.1, 0.15) is 5.76 Å². The number of allylic oxidation sites excluding steroid dienone is 2. The summed E-state index contributed by atoms with van der Waals surface area (Å²) < 4.78 is 5.32. The molecule has 0 aliphatic rings. The summed E-state index contributed by atoms with van der Waals surface area (Å²) in [5.74, 6) is 1.48. The van der Waals surface area contributed by atoms with Gasteiger partial charge in [-0.25, -0.2) is 0 Å². The number of anilines is 1. The van der Waals surface area contributed by atoms with Crippen LogP contribution in [0.2, 0.25) is 0 Å². The van der Waals surface area contributed by atoms with Crippen molar-refractivity contribution < 1.29 is 9.21 Å². The van der Waals surface area contributed by atoms with Crippen LogP contribution in [0.15, 0.2) is 52.6 Å². The third kappa shape index (κ3) is 4.09. The molecule has 21 heavy (non-hydrogen) atoms. The molecular formula is C18H21NO2. The van der Waals surface area contributed by atoms with Crippen LogP contribution in [0.5, 0.6) is 0 Å². The fourth-order valence-corrected chi connectivity index (χ4v) is 2.05. The van der Waals surface area contributed by atoms with E-state index in [1.54, 1.807) is 18.2 Å². The van der Waals surface area contributed by atoms with Gasteiger partial charge in [-0.3, -0.25) is 4.79 Å². The lowest BCUT2D eigenvalue weighted by molar-refractivity contribution is 0.102. The predicted octanol–water partition coefficient (Wildman–Crippen LogP) is 4.91. The molecular weight excluding hydrogens is 262 g/mol. The SMILES string of the molecule is C/C(=C\C(=O)c1ccc(C)o1)Nc1ccc(C(C)C)cc1. The fraction of sp³-hybridized carbons (Fsp3) is 0.278. The van der Waals surface area contributed by atoms with Crippen LogP contribution < -0.4 is 5.32 Å². The average Bonchev–Trinajstić information content (AvgIpc) is 2.86. The number of carbonyl (C=O) groups is 1. The summed E-state index contributed by atoms with van der Waals surface area (Å²) >= 11 is 0. The van der Waals surface area contributed by atoms with E-state index in [0.717, 1.165) is 17.1 Å². The molecule has 2 rings (SSSR count). The number of furan rings is 1. The lowest BCUT2D eigenvalue weighted by atomic mass is 10.0. The number of rotatable bonds is 5. The molecule has 2 aromatic rings. The number of carbonyl (C=O) groups excluding carboxylic acids is 1. The third-order valence-electron chi connectivity index (χ3n) is 3.25. The Bertz CT molecular complexity index is 648. The van der Waals surface area contributed by atoms with Crippen molar-refractivity contribution in [1.29, 1.82) is 0 Å². The Labute approximate surface area is 125 Å². The summed E-state index contributed by atoms with van der Waals surface area (Å²) in [4.78, 5) is 12.0. The van der Waals surface area contributed by atoms with Gasteiger partial charge in [-0.1, -0.05) is 26.0 Å². The first kappa shape index (κ1) is 15.1. The van der Waals surface area contributed by atoms with Crippen molar-refractivity contribution >= 4 is 11.5 Å². The summed E-state index contributed by atoms with van der Waals surface area (Å²) in [5, 5.41) is 3.21. The summed E-state index contributed by atoms with van der Waals surface area (Å²) in [7, 11) is 0. The summed E-state index contributed by atoms with van der Waals surface area (Å²) in [6.45, 7) is 8.02. The molecule has 0 spiro atoms. The minimum absolute atomic E-state index is 0.132. The van der Waals surface area contributed by atoms with Gasteiger partial charge >= 0.3 is 0 Å². The van der Waals surface area contributed by atoms with Crippen LogP contribution in [0.25, 0.3) is 0 Å². The van der Waals surface area contributed by atoms with E-state index < -0.39 is 0 Å². The van der Waals surface area contributed by atoms with Gasteiger partial charge in [0.05, 0.1) is 0 Å². The van der Waals surface area contributed by atoms with Crippen molar-refractivity contribution in [1.82, 2.24) is 0 Å². The number of ketones is 1. The van der Waals surface area contributed by atoms with Crippen LogP contribution in [0, 0.1) is 6.92 Å². The third-order valence-corrected chi connectivity index (χ3v) is 3.25. The second-order valence-electron chi connectivity index (χ2n) is 5.50. The maximum Gasteiger partial charge on any atom is 0.222 e. The second kappa shape index (κ2) is 6.44. The van der Waals surface area contributed by atoms with Crippen LogP contribution in [0.3, 0.4) is 0 Å². The van der Waals surface area contributed by atoms with Crippen LogP contribution in [0.4, 0.5) is 5.69 Å². The number of hydrogen-bond donors (Lipinski definition) is 1. The maximum absolute atomic E-state index is 12.0. The van der Waals surface area contributed by atoms with E-state index in [0.29, 0.717) is 11.7 Å². The smallest absolute Gasteiger partial charge is 0.222 e. The van der Waals surface area contributed by atoms with Crippen LogP contribution in [-0.4, -0.2) is 5.78 Å². The molecule has 0 aliphatic heterocycles. The van der Waals surface area contributed by atoms with Gasteiger partial charge in [0, 0.05) is 17.5 Å². The summed E-state index contributed by atoms with van der Waals surface area (Å²) in [6, 6.07) is 11.7. The van der Waals surface area contributed by atoms with Crippen molar-refractivity contribution in [3.63, 3.8) is 0 Å². The molecule has 0 aliphatic carbocycles. The largest absolute Gasteiger partial charge is 0.458 e. The normalized spacial score (nSPS) is 11.8. The van der Waals surface area contributed by atoms with Gasteiger partial charge in [0.15, 0.2) is 5.76 Å². The zero-order valence-corrected chi connectivity index (χ0v) is 12.9. The molecule has 1 aromatic heterocycles. The molecule has 3 nitrogen and oxygen atoms in total. The molecule has 0 bridgehead atoms. The van der Waals surface area contributed by atoms with Crippen molar-refractivity contribution in [3.05, 3.63) is 65.3 Å². The highest BCUT2D eigenvalue weighted by Gasteiger charge is 2.07. The van der Waals surface area contributed by atoms with Gasteiger partial charge < -0.3 is 9.73 Å². The standard InChI is InChI=1S/C18H21NO2/c1-12(2)15-6-8-16(9-7-15)19-13(3)11-17(20)18-10-5-14(4)21-18/h5-12,19H,1-4H3/b13-11+. The number of benzene rings is 1. The Kier molecular flexibility index (Phi) is 4.63. The van der Waals surface area contributed by atoms with Gasteiger partial charge in [0.25, 0.3) is 0 Å². The molecule has 0 unspecified atom stereocenters. The van der Waals surface area contributed by atoms with E-state index in [-0.39, 0.29) is 5.78 Å². The van der Waals surface area contributed by atoms with Crippen molar-refractivity contribution in [2.24, 2.45) is 0 Å². The molecule has 1 N–H and O–H groups in total. The highest BCUT2D eigenvalue weighted by molar-refractivity contribution is 6.03. The van der Waals surface area contributed by atoms with E-state index in [1.165, 1.54) is 5.56 Å². The molecule has 0 saturated carbocycles. The Morgan fingerprint density at radius 2 is 1.81 bits per heavy atom. The molecule has 0 saturated heterocycles. The second-order valence-corrected chi connectivity index (χ2v) is 5.50. The molecule has 3 heteroatoms. The Morgan fingerprint density at radius 3 is 2.33 bits per heavy atom. The molecule has 110 valence electrons.